The molecule has 0 bridgehead atoms. The number of nitrogens with zero attached hydrogens (tertiary/aromatic N) is 1. The van der Waals surface area contributed by atoms with Gasteiger partial charge in [-0.1, -0.05) is 0 Å². The summed E-state index contributed by atoms with van der Waals surface area (Å²) < 4.78 is 0. The summed E-state index contributed by atoms with van der Waals surface area (Å²) in [4.78, 5) is 14.2. The number of hydroxylamine groups is 2. The zero-order valence-corrected chi connectivity index (χ0v) is 8.26. The van der Waals surface area contributed by atoms with Crippen LogP contribution in [0.4, 0.5) is 0 Å². The Morgan fingerprint density at radius 3 is 2.11 bits per heavy atom. The van der Waals surface area contributed by atoms with Crippen molar-refractivity contribution in [1.29, 1.82) is 0 Å². The molecule has 0 atom stereocenters. The van der Waals surface area contributed by atoms with Crippen LogP contribution in [0.3, 0.4) is 0 Å². The Hall–Kier alpha value is 0.430. The Morgan fingerprint density at radius 1 is 1.56 bits per heavy atom. The van der Waals surface area contributed by atoms with Gasteiger partial charge >= 0.3 is 36.0 Å². The summed E-state index contributed by atoms with van der Waals surface area (Å²) in [7, 11) is 0. The fourth-order valence-corrected chi connectivity index (χ4v) is 0.434. The number of carbonyl (C=O) groups excluding carboxylic acids is 1. The van der Waals surface area contributed by atoms with Crippen molar-refractivity contribution in [2.24, 2.45) is 0 Å². The Labute approximate surface area is 79.1 Å². The van der Waals surface area contributed by atoms with Gasteiger partial charge in [0, 0.05) is 13.1 Å². The Bertz CT molecular complexity index is 70.7. The van der Waals surface area contributed by atoms with Gasteiger partial charge in [0.1, 0.15) is 0 Å². The van der Waals surface area contributed by atoms with Crippen LogP contribution < -0.4 is 29.6 Å². The molecular weight excluding hydrogens is 129 g/mol. The molecule has 0 N–H and O–H groups in total. The van der Waals surface area contributed by atoms with Crippen LogP contribution in [0.15, 0.2) is 0 Å². The molecule has 0 heterocycles. The smallest absolute Gasteiger partial charge is 1.00 e. The third-order valence-electron chi connectivity index (χ3n) is 0.898. The molecule has 9 heavy (non-hydrogen) atoms. The van der Waals surface area contributed by atoms with Crippen LogP contribution in [0.1, 0.15) is 15.3 Å². The first-order chi connectivity index (χ1) is 3.85. The maximum Gasteiger partial charge on any atom is 1.00 e. The van der Waals surface area contributed by atoms with E-state index in [1.165, 1.54) is 0 Å². The molecule has 0 radical (unpaired) electrons. The minimum absolute atomic E-state index is 0. The normalized spacial score (nSPS) is 8.33. The van der Waals surface area contributed by atoms with Gasteiger partial charge in [0.25, 0.3) is 0 Å². The average Bonchev–Trinajstić information content (AvgIpc) is 1.83. The van der Waals surface area contributed by atoms with E-state index in [9.17, 15) is 4.79 Å². The average molecular weight is 141 g/mol. The summed E-state index contributed by atoms with van der Waals surface area (Å²) in [5, 5.41) is 1.56. The minimum atomic E-state index is 0. The number of hydrogen-bond acceptors (Lipinski definition) is 3. The third kappa shape index (κ3) is 6.31. The van der Waals surface area contributed by atoms with E-state index in [1.807, 2.05) is 13.8 Å². The molecule has 0 aliphatic heterocycles. The third-order valence-corrected chi connectivity index (χ3v) is 0.898. The molecule has 0 rings (SSSR count). The van der Waals surface area contributed by atoms with Crippen molar-refractivity contribution in [3.63, 3.8) is 0 Å². The van der Waals surface area contributed by atoms with Crippen molar-refractivity contribution in [2.75, 3.05) is 13.1 Å². The second-order valence-corrected chi connectivity index (χ2v) is 1.32. The minimum Gasteiger partial charge on any atom is -1.00 e. The fraction of sp³-hybridized carbons (Fsp3) is 0.800. The number of hydrogen-bond donors (Lipinski definition) is 0. The molecule has 3 nitrogen and oxygen atoms in total. The number of rotatable bonds is 4. The van der Waals surface area contributed by atoms with Gasteiger partial charge in [0.15, 0.2) is 0 Å². The van der Waals surface area contributed by atoms with Gasteiger partial charge < -0.3 is 6.26 Å². The molecule has 0 saturated carbocycles. The standard InChI is InChI=1S/C5H11NO2.Na.H/c1-3-6(4-2)8-5-7;;/h5H,3-4H2,1-2H3;;/q;+1;-1. The molecule has 0 aliphatic carbocycles. The van der Waals surface area contributed by atoms with E-state index in [4.69, 9.17) is 0 Å². The topological polar surface area (TPSA) is 29.5 Å². The predicted octanol–water partition coefficient (Wildman–Crippen LogP) is -2.47. The predicted molar refractivity (Wildman–Crippen MR) is 31.2 cm³/mol. The molecule has 0 saturated heterocycles. The van der Waals surface area contributed by atoms with Crippen molar-refractivity contribution in [2.45, 2.75) is 13.8 Å². The van der Waals surface area contributed by atoms with Gasteiger partial charge in [-0.2, -0.15) is 0 Å². The summed E-state index contributed by atoms with van der Waals surface area (Å²) in [5.74, 6) is 0. The van der Waals surface area contributed by atoms with Crippen LogP contribution in [0, 0.1) is 0 Å². The summed E-state index contributed by atoms with van der Waals surface area (Å²) >= 11 is 0. The van der Waals surface area contributed by atoms with Gasteiger partial charge in [0.2, 0.25) is 0 Å². The van der Waals surface area contributed by atoms with Crippen molar-refractivity contribution in [3.05, 3.63) is 0 Å². The first-order valence-electron chi connectivity index (χ1n) is 2.70. The van der Waals surface area contributed by atoms with Gasteiger partial charge in [-0.15, -0.1) is 5.06 Å². The van der Waals surface area contributed by atoms with E-state index in [0.717, 1.165) is 13.1 Å². The molecular formula is C5H12NNaO2. The molecule has 4 heteroatoms. The van der Waals surface area contributed by atoms with Crippen LogP contribution in [0.2, 0.25) is 0 Å². The SMILES string of the molecule is CCN(CC)OC=O.[H-].[Na+]. The maximum atomic E-state index is 9.67. The van der Waals surface area contributed by atoms with E-state index < -0.39 is 0 Å². The molecule has 0 aromatic heterocycles. The quantitative estimate of drug-likeness (QED) is 0.247. The van der Waals surface area contributed by atoms with Crippen molar-refractivity contribution in [3.8, 4) is 0 Å². The van der Waals surface area contributed by atoms with Gasteiger partial charge in [-0.3, -0.25) is 4.79 Å². The second kappa shape index (κ2) is 8.43. The van der Waals surface area contributed by atoms with Crippen LogP contribution in [0.25, 0.3) is 0 Å². The van der Waals surface area contributed by atoms with Crippen LogP contribution >= 0.6 is 0 Å². The van der Waals surface area contributed by atoms with Crippen LogP contribution in [0.5, 0.6) is 0 Å². The summed E-state index contributed by atoms with van der Waals surface area (Å²) in [6.45, 7) is 5.78. The first kappa shape index (κ1) is 12.1. The zero-order chi connectivity index (χ0) is 6.41. The van der Waals surface area contributed by atoms with Crippen molar-refractivity contribution in [1.82, 2.24) is 5.06 Å². The van der Waals surface area contributed by atoms with E-state index >= 15 is 0 Å². The maximum absolute atomic E-state index is 9.67. The van der Waals surface area contributed by atoms with E-state index in [0.29, 0.717) is 6.47 Å². The Morgan fingerprint density at radius 2 is 2.00 bits per heavy atom. The molecule has 0 aromatic rings. The first-order valence-corrected chi connectivity index (χ1v) is 2.70. The van der Waals surface area contributed by atoms with E-state index in [-0.39, 0.29) is 31.0 Å². The number of carbonyl (C=O) groups is 1. The van der Waals surface area contributed by atoms with Crippen molar-refractivity contribution < 1.29 is 40.6 Å². The molecule has 0 aliphatic rings. The summed E-state index contributed by atoms with van der Waals surface area (Å²) in [5.41, 5.74) is 0. The molecule has 0 amide bonds. The Kier molecular flexibility index (Phi) is 11.4. The molecule has 50 valence electrons. The van der Waals surface area contributed by atoms with Gasteiger partial charge in [0.05, 0.1) is 0 Å². The van der Waals surface area contributed by atoms with Crippen molar-refractivity contribution >= 4 is 6.47 Å². The molecule has 0 spiro atoms. The summed E-state index contributed by atoms with van der Waals surface area (Å²) in [6, 6.07) is 0. The largest absolute Gasteiger partial charge is 1.00 e. The molecule has 0 unspecified atom stereocenters. The molecule has 0 aromatic carbocycles. The van der Waals surface area contributed by atoms with Crippen LogP contribution in [-0.4, -0.2) is 24.6 Å². The summed E-state index contributed by atoms with van der Waals surface area (Å²) in [6.07, 6.45) is 0. The van der Waals surface area contributed by atoms with E-state index in [2.05, 4.69) is 4.84 Å². The zero-order valence-electron chi connectivity index (χ0n) is 7.26. The second-order valence-electron chi connectivity index (χ2n) is 1.32. The fourth-order valence-electron chi connectivity index (χ4n) is 0.434. The Balaban J connectivity index is -0.000000245. The molecule has 0 fully saturated rings. The van der Waals surface area contributed by atoms with Gasteiger partial charge in [-0.25, -0.2) is 0 Å². The van der Waals surface area contributed by atoms with E-state index in [1.54, 1.807) is 5.06 Å². The van der Waals surface area contributed by atoms with Crippen LogP contribution in [-0.2, 0) is 9.63 Å². The van der Waals surface area contributed by atoms with Gasteiger partial charge in [-0.05, 0) is 13.8 Å². The monoisotopic (exact) mass is 141 g/mol.